The third-order valence-electron chi connectivity index (χ3n) is 4.28. The van der Waals surface area contributed by atoms with Crippen LogP contribution in [0.2, 0.25) is 0 Å². The van der Waals surface area contributed by atoms with Crippen LogP contribution in [0.1, 0.15) is 37.9 Å². The van der Waals surface area contributed by atoms with Crippen molar-refractivity contribution in [3.05, 3.63) is 29.8 Å². The first-order valence-electron chi connectivity index (χ1n) is 7.29. The Hall–Kier alpha value is -1.10. The molecule has 5 heteroatoms. The summed E-state index contributed by atoms with van der Waals surface area (Å²) in [5.41, 5.74) is 7.64. The first-order valence-corrected chi connectivity index (χ1v) is 7.29. The Labute approximate surface area is 132 Å². The summed E-state index contributed by atoms with van der Waals surface area (Å²) >= 11 is 0. The van der Waals surface area contributed by atoms with Crippen LogP contribution in [0.3, 0.4) is 0 Å². The third kappa shape index (κ3) is 4.43. The van der Waals surface area contributed by atoms with Gasteiger partial charge in [-0.25, -0.2) is 0 Å². The van der Waals surface area contributed by atoms with Crippen molar-refractivity contribution in [2.24, 2.45) is 17.6 Å². The van der Waals surface area contributed by atoms with Crippen LogP contribution in [-0.2, 0) is 9.53 Å². The second kappa shape index (κ2) is 8.37. The molecule has 1 aliphatic rings. The molecule has 3 N–H and O–H groups in total. The van der Waals surface area contributed by atoms with Crippen LogP contribution >= 0.6 is 12.4 Å². The van der Waals surface area contributed by atoms with Crippen molar-refractivity contribution in [1.29, 1.82) is 0 Å². The zero-order valence-corrected chi connectivity index (χ0v) is 13.5. The van der Waals surface area contributed by atoms with Gasteiger partial charge in [0, 0.05) is 18.7 Å². The summed E-state index contributed by atoms with van der Waals surface area (Å²) in [4.78, 5) is 12.3. The number of nitrogens with two attached hydrogens (primary N) is 1. The quantitative estimate of drug-likeness (QED) is 0.878. The van der Waals surface area contributed by atoms with Gasteiger partial charge in [0.05, 0.1) is 6.10 Å². The van der Waals surface area contributed by atoms with Crippen molar-refractivity contribution in [2.75, 3.05) is 19.0 Å². The second-order valence-electron chi connectivity index (χ2n) is 5.53. The molecule has 0 saturated heterocycles. The molecule has 1 saturated carbocycles. The molecule has 3 atom stereocenters. The molecule has 0 bridgehead atoms. The summed E-state index contributed by atoms with van der Waals surface area (Å²) in [5.74, 6) is 0.486. The van der Waals surface area contributed by atoms with Gasteiger partial charge in [-0.15, -0.1) is 12.4 Å². The van der Waals surface area contributed by atoms with E-state index in [2.05, 4.69) is 5.32 Å². The van der Waals surface area contributed by atoms with Crippen LogP contribution < -0.4 is 11.1 Å². The minimum absolute atomic E-state index is 0. The summed E-state index contributed by atoms with van der Waals surface area (Å²) in [6, 6.07) is 7.83. The number of nitrogens with one attached hydrogen (secondary N) is 1. The van der Waals surface area contributed by atoms with Crippen LogP contribution in [-0.4, -0.2) is 19.6 Å². The molecule has 0 aromatic heterocycles. The Morgan fingerprint density at radius 1 is 1.48 bits per heavy atom. The Balaban J connectivity index is 0.00000220. The molecule has 0 radical (unpaired) electrons. The van der Waals surface area contributed by atoms with E-state index in [-0.39, 0.29) is 30.3 Å². The summed E-state index contributed by atoms with van der Waals surface area (Å²) in [5, 5.41) is 3.02. The Morgan fingerprint density at radius 3 is 2.90 bits per heavy atom. The predicted octanol–water partition coefficient (Wildman–Crippen LogP) is 3.13. The number of anilines is 1. The largest absolute Gasteiger partial charge is 0.377 e. The number of hydrogen-bond acceptors (Lipinski definition) is 3. The fourth-order valence-electron chi connectivity index (χ4n) is 2.90. The maximum Gasteiger partial charge on any atom is 0.227 e. The van der Waals surface area contributed by atoms with Crippen molar-refractivity contribution in [2.45, 2.75) is 32.3 Å². The average Bonchev–Trinajstić information content (AvgIpc) is 2.95. The van der Waals surface area contributed by atoms with Crippen LogP contribution in [0.25, 0.3) is 0 Å². The number of carbonyl (C=O) groups excluding carboxylic acids is 1. The Morgan fingerprint density at radius 2 is 2.24 bits per heavy atom. The topological polar surface area (TPSA) is 64.3 Å². The van der Waals surface area contributed by atoms with E-state index >= 15 is 0 Å². The highest BCUT2D eigenvalue weighted by molar-refractivity contribution is 5.93. The molecular formula is C16H25ClN2O2. The van der Waals surface area contributed by atoms with Gasteiger partial charge in [-0.1, -0.05) is 18.6 Å². The van der Waals surface area contributed by atoms with Gasteiger partial charge in [0.25, 0.3) is 0 Å². The fourth-order valence-corrected chi connectivity index (χ4v) is 2.90. The molecule has 1 aromatic rings. The van der Waals surface area contributed by atoms with Crippen molar-refractivity contribution in [3.8, 4) is 0 Å². The molecule has 1 aliphatic carbocycles. The number of halogens is 1. The lowest BCUT2D eigenvalue weighted by atomic mass is 9.95. The molecule has 2 rings (SSSR count). The lowest BCUT2D eigenvalue weighted by Gasteiger charge is -2.18. The summed E-state index contributed by atoms with van der Waals surface area (Å²) in [7, 11) is 1.68. The number of rotatable bonds is 5. The maximum absolute atomic E-state index is 12.3. The highest BCUT2D eigenvalue weighted by Gasteiger charge is 2.31. The van der Waals surface area contributed by atoms with E-state index in [1.807, 2.05) is 31.2 Å². The second-order valence-corrected chi connectivity index (χ2v) is 5.53. The van der Waals surface area contributed by atoms with Crippen LogP contribution in [0.5, 0.6) is 0 Å². The highest BCUT2D eigenvalue weighted by Crippen LogP contribution is 2.32. The first kappa shape index (κ1) is 18.0. The highest BCUT2D eigenvalue weighted by atomic mass is 35.5. The molecule has 118 valence electrons. The number of amides is 1. The van der Waals surface area contributed by atoms with E-state index in [0.717, 1.165) is 30.5 Å². The van der Waals surface area contributed by atoms with Gasteiger partial charge < -0.3 is 15.8 Å². The van der Waals surface area contributed by atoms with Gasteiger partial charge in [0.1, 0.15) is 0 Å². The van der Waals surface area contributed by atoms with E-state index in [9.17, 15) is 4.79 Å². The molecular weight excluding hydrogens is 288 g/mol. The molecule has 1 unspecified atom stereocenters. The number of hydrogen-bond donors (Lipinski definition) is 2. The smallest absolute Gasteiger partial charge is 0.227 e. The van der Waals surface area contributed by atoms with Crippen molar-refractivity contribution >= 4 is 24.0 Å². The van der Waals surface area contributed by atoms with E-state index in [0.29, 0.717) is 12.5 Å². The normalized spacial score (nSPS) is 22.4. The lowest BCUT2D eigenvalue weighted by molar-refractivity contribution is -0.120. The van der Waals surface area contributed by atoms with Crippen molar-refractivity contribution < 1.29 is 9.53 Å². The van der Waals surface area contributed by atoms with Gasteiger partial charge in [0.15, 0.2) is 0 Å². The number of benzene rings is 1. The van der Waals surface area contributed by atoms with E-state index in [4.69, 9.17) is 10.5 Å². The summed E-state index contributed by atoms with van der Waals surface area (Å²) < 4.78 is 5.30. The van der Waals surface area contributed by atoms with Gasteiger partial charge in [0.2, 0.25) is 5.91 Å². The summed E-state index contributed by atoms with van der Waals surface area (Å²) in [6.45, 7) is 2.58. The fraction of sp³-hybridized carbons (Fsp3) is 0.562. The number of carbonyl (C=O) groups is 1. The molecule has 1 amide bonds. The molecule has 0 spiro atoms. The number of methoxy groups -OCH3 is 1. The van der Waals surface area contributed by atoms with Crippen LogP contribution in [0, 0.1) is 11.8 Å². The molecule has 21 heavy (non-hydrogen) atoms. The predicted molar refractivity (Wildman–Crippen MR) is 87.6 cm³/mol. The molecule has 4 nitrogen and oxygen atoms in total. The standard InChI is InChI=1S/C16H24N2O2.ClH/c1-11(20-2)12-5-3-7-14(9-12)18-16(19)15-8-4-6-13(15)10-17;/h3,5,7,9,11,13,15H,4,6,8,10,17H2,1-2H3,(H,18,19);1H/t11?,13-,15-;/m1./s1. The molecule has 0 heterocycles. The SMILES string of the molecule is COC(C)c1cccc(NC(=O)[C@@H]2CCC[C@@H]2CN)c1.Cl. The Bertz CT molecular complexity index is 467. The van der Waals surface area contributed by atoms with Crippen molar-refractivity contribution in [3.63, 3.8) is 0 Å². The van der Waals surface area contributed by atoms with E-state index in [1.54, 1.807) is 7.11 Å². The summed E-state index contributed by atoms with van der Waals surface area (Å²) in [6.07, 6.45) is 3.13. The van der Waals surface area contributed by atoms with Crippen LogP contribution in [0.4, 0.5) is 5.69 Å². The van der Waals surface area contributed by atoms with Gasteiger partial charge in [-0.2, -0.15) is 0 Å². The van der Waals surface area contributed by atoms with E-state index < -0.39 is 0 Å². The van der Waals surface area contributed by atoms with Crippen molar-refractivity contribution in [1.82, 2.24) is 0 Å². The van der Waals surface area contributed by atoms with Gasteiger partial charge >= 0.3 is 0 Å². The van der Waals surface area contributed by atoms with Crippen LogP contribution in [0.15, 0.2) is 24.3 Å². The average molecular weight is 313 g/mol. The lowest BCUT2D eigenvalue weighted by Crippen LogP contribution is -2.29. The van der Waals surface area contributed by atoms with Gasteiger partial charge in [-0.05, 0) is 49.9 Å². The van der Waals surface area contributed by atoms with Gasteiger partial charge in [-0.3, -0.25) is 4.79 Å². The molecule has 1 fully saturated rings. The minimum atomic E-state index is 0. The number of ether oxygens (including phenoxy) is 1. The molecule has 1 aromatic carbocycles. The zero-order chi connectivity index (χ0) is 14.5. The van der Waals surface area contributed by atoms with E-state index in [1.165, 1.54) is 0 Å². The monoisotopic (exact) mass is 312 g/mol. The minimum Gasteiger partial charge on any atom is -0.377 e. The zero-order valence-electron chi connectivity index (χ0n) is 12.7. The Kier molecular flexibility index (Phi) is 7.15. The third-order valence-corrected chi connectivity index (χ3v) is 4.28. The molecule has 0 aliphatic heterocycles. The maximum atomic E-state index is 12.3. The first-order chi connectivity index (χ1) is 9.65.